The van der Waals surface area contributed by atoms with Gasteiger partial charge in [0.05, 0.1) is 18.4 Å². The molecular weight excluding hydrogens is 360 g/mol. The summed E-state index contributed by atoms with van der Waals surface area (Å²) in [4.78, 5) is 14.7. The largest absolute Gasteiger partial charge is 0.497 e. The maximum Gasteiger partial charge on any atom is 0.233 e. The van der Waals surface area contributed by atoms with E-state index in [0.29, 0.717) is 11.8 Å². The quantitative estimate of drug-likeness (QED) is 0.642. The average Bonchev–Trinajstić information content (AvgIpc) is 3.11. The fourth-order valence-electron chi connectivity index (χ4n) is 3.78. The fraction of sp³-hybridized carbons (Fsp3) is 0.450. The summed E-state index contributed by atoms with van der Waals surface area (Å²) in [6.07, 6.45) is 3.39. The zero-order chi connectivity index (χ0) is 19.0. The van der Waals surface area contributed by atoms with E-state index in [-0.39, 0.29) is 5.91 Å². The van der Waals surface area contributed by atoms with E-state index in [0.717, 1.165) is 52.4 Å². The number of carbonyl (C=O) groups is 1. The predicted molar refractivity (Wildman–Crippen MR) is 108 cm³/mol. The monoisotopic (exact) mass is 384 g/mol. The first-order valence-corrected chi connectivity index (χ1v) is 10.3. The van der Waals surface area contributed by atoms with Gasteiger partial charge in [-0.2, -0.15) is 0 Å². The van der Waals surface area contributed by atoms with Gasteiger partial charge >= 0.3 is 0 Å². The number of methoxy groups -OCH3 is 1. The molecule has 1 atom stereocenters. The van der Waals surface area contributed by atoms with Crippen LogP contribution in [0.4, 0.5) is 0 Å². The molecule has 1 fully saturated rings. The molecule has 3 heterocycles. The summed E-state index contributed by atoms with van der Waals surface area (Å²) < 4.78 is 7.42. The van der Waals surface area contributed by atoms with Crippen molar-refractivity contribution in [2.45, 2.75) is 44.3 Å². The Balaban J connectivity index is 1.66. The van der Waals surface area contributed by atoms with Crippen molar-refractivity contribution in [3.05, 3.63) is 29.8 Å². The highest BCUT2D eigenvalue weighted by atomic mass is 32.2. The Morgan fingerprint density at radius 1 is 1.30 bits per heavy atom. The number of thioether (sulfide) groups is 1. The summed E-state index contributed by atoms with van der Waals surface area (Å²) in [6.45, 7) is 5.03. The van der Waals surface area contributed by atoms with Gasteiger partial charge in [0.15, 0.2) is 10.8 Å². The highest BCUT2D eigenvalue weighted by Gasteiger charge is 2.24. The number of hydrogen-bond donors (Lipinski definition) is 0. The molecule has 1 aliphatic rings. The van der Waals surface area contributed by atoms with E-state index >= 15 is 0 Å². The van der Waals surface area contributed by atoms with Crippen molar-refractivity contribution in [1.82, 2.24) is 19.5 Å². The third kappa shape index (κ3) is 3.36. The molecule has 1 unspecified atom stereocenters. The number of amides is 1. The average molecular weight is 385 g/mol. The molecule has 1 saturated heterocycles. The van der Waals surface area contributed by atoms with Crippen molar-refractivity contribution in [2.75, 3.05) is 19.4 Å². The Kier molecular flexibility index (Phi) is 4.95. The number of rotatable bonds is 4. The molecule has 2 aromatic heterocycles. The molecule has 0 aliphatic carbocycles. The van der Waals surface area contributed by atoms with Crippen LogP contribution in [0.2, 0.25) is 0 Å². The third-order valence-corrected chi connectivity index (χ3v) is 6.20. The van der Waals surface area contributed by atoms with Crippen molar-refractivity contribution in [2.24, 2.45) is 0 Å². The summed E-state index contributed by atoms with van der Waals surface area (Å²) in [6, 6.07) is 8.41. The summed E-state index contributed by atoms with van der Waals surface area (Å²) in [5, 5.41) is 10.6. The molecular formula is C20H24N4O2S. The smallest absolute Gasteiger partial charge is 0.233 e. The van der Waals surface area contributed by atoms with Crippen LogP contribution in [0.1, 0.15) is 31.7 Å². The van der Waals surface area contributed by atoms with Crippen LogP contribution in [-0.4, -0.2) is 50.9 Å². The molecule has 7 heteroatoms. The molecule has 1 amide bonds. The summed E-state index contributed by atoms with van der Waals surface area (Å²) >= 11 is 1.45. The molecule has 0 spiro atoms. The third-order valence-electron chi connectivity index (χ3n) is 5.28. The van der Waals surface area contributed by atoms with E-state index in [1.807, 2.05) is 34.4 Å². The van der Waals surface area contributed by atoms with Gasteiger partial charge in [0.1, 0.15) is 5.75 Å². The van der Waals surface area contributed by atoms with Crippen LogP contribution in [-0.2, 0) is 4.79 Å². The number of benzene rings is 1. The lowest BCUT2D eigenvalue weighted by Crippen LogP contribution is -2.42. The van der Waals surface area contributed by atoms with E-state index in [4.69, 9.17) is 4.74 Å². The standard InChI is InChI=1S/C20H24N4O2S/c1-13-10-15-7-8-16(26-3)11-17(15)24-19(13)21-22-20(24)27-12-18(25)23-9-5-4-6-14(23)2/h7-8,10-11,14H,4-6,9,12H2,1-3H3. The maximum absolute atomic E-state index is 12.7. The van der Waals surface area contributed by atoms with E-state index in [9.17, 15) is 4.79 Å². The lowest BCUT2D eigenvalue weighted by Gasteiger charge is -2.33. The zero-order valence-corrected chi connectivity index (χ0v) is 16.8. The number of aromatic nitrogens is 3. The minimum absolute atomic E-state index is 0.179. The number of likely N-dealkylation sites (tertiary alicyclic amines) is 1. The van der Waals surface area contributed by atoms with E-state index in [1.54, 1.807) is 7.11 Å². The van der Waals surface area contributed by atoms with Gasteiger partial charge in [0, 0.05) is 18.7 Å². The lowest BCUT2D eigenvalue weighted by atomic mass is 10.0. The zero-order valence-electron chi connectivity index (χ0n) is 15.9. The Hall–Kier alpha value is -2.28. The van der Waals surface area contributed by atoms with Crippen LogP contribution in [0.15, 0.2) is 29.4 Å². The van der Waals surface area contributed by atoms with E-state index in [2.05, 4.69) is 23.2 Å². The van der Waals surface area contributed by atoms with Gasteiger partial charge in [-0.15, -0.1) is 10.2 Å². The summed E-state index contributed by atoms with van der Waals surface area (Å²) in [7, 11) is 1.66. The number of ether oxygens (including phenoxy) is 1. The first kappa shape index (κ1) is 18.1. The van der Waals surface area contributed by atoms with Crippen LogP contribution in [0, 0.1) is 6.92 Å². The van der Waals surface area contributed by atoms with Gasteiger partial charge in [0.2, 0.25) is 5.91 Å². The van der Waals surface area contributed by atoms with Gasteiger partial charge in [-0.1, -0.05) is 11.8 Å². The molecule has 1 aliphatic heterocycles. The Bertz CT molecular complexity index is 1000. The topological polar surface area (TPSA) is 59.7 Å². The number of hydrogen-bond acceptors (Lipinski definition) is 5. The molecule has 1 aromatic carbocycles. The molecule has 142 valence electrons. The van der Waals surface area contributed by atoms with Crippen molar-refractivity contribution in [3.8, 4) is 5.75 Å². The second-order valence-corrected chi connectivity index (χ2v) is 8.06. The van der Waals surface area contributed by atoms with Gasteiger partial charge in [-0.3, -0.25) is 9.20 Å². The van der Waals surface area contributed by atoms with Crippen LogP contribution in [0.25, 0.3) is 16.6 Å². The highest BCUT2D eigenvalue weighted by molar-refractivity contribution is 7.99. The van der Waals surface area contributed by atoms with Gasteiger partial charge in [-0.25, -0.2) is 0 Å². The molecule has 0 saturated carbocycles. The Morgan fingerprint density at radius 2 is 2.15 bits per heavy atom. The SMILES string of the molecule is COc1ccc2cc(C)c3nnc(SCC(=O)N4CCCCC4C)n3c2c1. The number of carbonyl (C=O) groups excluding carboxylic acids is 1. The van der Waals surface area contributed by atoms with E-state index < -0.39 is 0 Å². The van der Waals surface area contributed by atoms with Crippen LogP contribution < -0.4 is 4.74 Å². The molecule has 6 nitrogen and oxygen atoms in total. The fourth-order valence-corrected chi connectivity index (χ4v) is 4.61. The number of pyridine rings is 1. The minimum atomic E-state index is 0.179. The van der Waals surface area contributed by atoms with Gasteiger partial charge < -0.3 is 9.64 Å². The van der Waals surface area contributed by atoms with Crippen molar-refractivity contribution in [1.29, 1.82) is 0 Å². The highest BCUT2D eigenvalue weighted by Crippen LogP contribution is 2.28. The number of nitrogens with zero attached hydrogens (tertiary/aromatic N) is 4. The summed E-state index contributed by atoms with van der Waals surface area (Å²) in [5.41, 5.74) is 2.86. The first-order chi connectivity index (χ1) is 13.1. The molecule has 0 bridgehead atoms. The van der Waals surface area contributed by atoms with Crippen LogP contribution in [0.5, 0.6) is 5.75 Å². The van der Waals surface area contributed by atoms with Crippen LogP contribution >= 0.6 is 11.8 Å². The summed E-state index contributed by atoms with van der Waals surface area (Å²) in [5.74, 6) is 1.35. The number of aryl methyl sites for hydroxylation is 1. The van der Waals surface area contributed by atoms with Crippen LogP contribution in [0.3, 0.4) is 0 Å². The van der Waals surface area contributed by atoms with Gasteiger partial charge in [-0.05, 0) is 62.3 Å². The minimum Gasteiger partial charge on any atom is -0.497 e. The van der Waals surface area contributed by atoms with E-state index in [1.165, 1.54) is 18.2 Å². The molecule has 0 N–H and O–H groups in total. The predicted octanol–water partition coefficient (Wildman–Crippen LogP) is 3.69. The number of fused-ring (bicyclic) bond motifs is 3. The van der Waals surface area contributed by atoms with Crippen molar-refractivity contribution >= 4 is 34.2 Å². The Labute approximate surface area is 162 Å². The molecule has 27 heavy (non-hydrogen) atoms. The molecule has 0 radical (unpaired) electrons. The Morgan fingerprint density at radius 3 is 2.93 bits per heavy atom. The second kappa shape index (κ2) is 7.38. The normalized spacial score (nSPS) is 17.6. The first-order valence-electron chi connectivity index (χ1n) is 9.33. The maximum atomic E-state index is 12.7. The molecule has 3 aromatic rings. The lowest BCUT2D eigenvalue weighted by molar-refractivity contribution is -0.131. The van der Waals surface area contributed by atoms with Crippen molar-refractivity contribution < 1.29 is 9.53 Å². The molecule has 4 rings (SSSR count). The van der Waals surface area contributed by atoms with Crippen molar-refractivity contribution in [3.63, 3.8) is 0 Å². The number of piperidine rings is 1. The second-order valence-electron chi connectivity index (χ2n) is 7.11. The van der Waals surface area contributed by atoms with Gasteiger partial charge in [0.25, 0.3) is 0 Å².